The van der Waals surface area contributed by atoms with Crippen LogP contribution in [0.3, 0.4) is 0 Å². The van der Waals surface area contributed by atoms with Gasteiger partial charge in [-0.25, -0.2) is 19.9 Å². The first-order chi connectivity index (χ1) is 30.3. The van der Waals surface area contributed by atoms with Gasteiger partial charge < -0.3 is 9.13 Å². The van der Waals surface area contributed by atoms with Crippen molar-refractivity contribution in [2.45, 2.75) is 0 Å². The molecule has 10 aromatic rings. The quantitative estimate of drug-likeness (QED) is 0.157. The smallest absolute Gasteiger partial charge is 0.263 e. The molecule has 0 atom stereocenters. The van der Waals surface area contributed by atoms with Crippen LogP contribution in [0.1, 0.15) is 41.4 Å². The maximum atomic E-state index is 13.6. The number of benzene rings is 6. The van der Waals surface area contributed by atoms with Crippen LogP contribution in [0, 0.1) is 0 Å². The summed E-state index contributed by atoms with van der Waals surface area (Å²) in [6, 6.07) is 37.1. The highest BCUT2D eigenvalue weighted by Gasteiger charge is 2.37. The van der Waals surface area contributed by atoms with E-state index in [1.54, 1.807) is 43.0 Å². The number of amides is 4. The van der Waals surface area contributed by atoms with Gasteiger partial charge >= 0.3 is 0 Å². The van der Waals surface area contributed by atoms with Crippen LogP contribution in [-0.4, -0.2) is 76.6 Å². The first-order valence-electron chi connectivity index (χ1n) is 19.9. The second-order valence-electron chi connectivity index (χ2n) is 15.5. The summed E-state index contributed by atoms with van der Waals surface area (Å²) in [4.78, 5) is 73.7. The lowest BCUT2D eigenvalue weighted by Gasteiger charge is -2.13. The van der Waals surface area contributed by atoms with Crippen LogP contribution in [0.15, 0.2) is 146 Å². The van der Waals surface area contributed by atoms with Gasteiger partial charge in [-0.15, -0.1) is 0 Å². The Morgan fingerprint density at radius 1 is 0.403 bits per heavy atom. The number of nitrogens with zero attached hydrogens (tertiary/aromatic N) is 8. The fourth-order valence-electron chi connectivity index (χ4n) is 9.22. The summed E-state index contributed by atoms with van der Waals surface area (Å²) in [5, 5.41) is 3.90. The first-order valence-corrected chi connectivity index (χ1v) is 19.9. The fraction of sp³-hybridized carbons (Fsp3) is 0.0400. The molecule has 12 heteroatoms. The number of aromatic nitrogens is 6. The van der Waals surface area contributed by atoms with Crippen LogP contribution in [0.4, 0.5) is 0 Å². The molecule has 0 spiro atoms. The Morgan fingerprint density at radius 2 is 0.903 bits per heavy atom. The van der Waals surface area contributed by atoms with Gasteiger partial charge in [-0.05, 0) is 65.7 Å². The minimum atomic E-state index is -0.355. The van der Waals surface area contributed by atoms with E-state index in [0.717, 1.165) is 81.2 Å². The Kier molecular flexibility index (Phi) is 7.36. The second-order valence-corrected chi connectivity index (χ2v) is 15.5. The van der Waals surface area contributed by atoms with E-state index < -0.39 is 0 Å². The van der Waals surface area contributed by atoms with Gasteiger partial charge in [0.1, 0.15) is 6.33 Å². The van der Waals surface area contributed by atoms with Crippen molar-refractivity contribution in [3.8, 4) is 45.0 Å². The molecule has 12 rings (SSSR count). The van der Waals surface area contributed by atoms with Crippen LogP contribution in [0.2, 0.25) is 0 Å². The number of carbonyl (C=O) groups is 4. The van der Waals surface area contributed by atoms with Gasteiger partial charge in [-0.2, -0.15) is 0 Å². The highest BCUT2D eigenvalue weighted by molar-refractivity contribution is 6.24. The van der Waals surface area contributed by atoms with E-state index in [4.69, 9.17) is 9.97 Å². The fourth-order valence-corrected chi connectivity index (χ4v) is 9.22. The first kappa shape index (κ1) is 35.3. The molecule has 0 saturated heterocycles. The van der Waals surface area contributed by atoms with Gasteiger partial charge in [0.2, 0.25) is 0 Å². The van der Waals surface area contributed by atoms with Gasteiger partial charge in [0.15, 0.2) is 5.82 Å². The molecule has 0 bridgehead atoms. The van der Waals surface area contributed by atoms with Gasteiger partial charge in [0, 0.05) is 77.1 Å². The van der Waals surface area contributed by atoms with E-state index in [0.29, 0.717) is 39.5 Å². The maximum Gasteiger partial charge on any atom is 0.263 e. The summed E-state index contributed by atoms with van der Waals surface area (Å²) >= 11 is 0. The van der Waals surface area contributed by atoms with Crippen molar-refractivity contribution in [2.75, 3.05) is 14.1 Å². The molecule has 6 aromatic carbocycles. The van der Waals surface area contributed by atoms with Gasteiger partial charge in [0.05, 0.1) is 55.7 Å². The molecule has 0 N–H and O–H groups in total. The topological polar surface area (TPSA) is 136 Å². The zero-order valence-electron chi connectivity index (χ0n) is 33.1. The number of rotatable bonds is 5. The number of hydrogen-bond donors (Lipinski definition) is 0. The largest absolute Gasteiger partial charge is 0.308 e. The zero-order chi connectivity index (χ0) is 42.0. The Balaban J connectivity index is 0.992. The van der Waals surface area contributed by atoms with E-state index in [9.17, 15) is 19.2 Å². The normalized spacial score (nSPS) is 13.7. The van der Waals surface area contributed by atoms with E-state index >= 15 is 0 Å². The third-order valence-corrected chi connectivity index (χ3v) is 12.3. The Morgan fingerprint density at radius 3 is 1.55 bits per heavy atom. The predicted octanol–water partition coefficient (Wildman–Crippen LogP) is 8.91. The van der Waals surface area contributed by atoms with Crippen LogP contribution in [0.5, 0.6) is 0 Å². The summed E-state index contributed by atoms with van der Waals surface area (Å²) in [6.45, 7) is 0. The highest BCUT2D eigenvalue weighted by Crippen LogP contribution is 2.41. The van der Waals surface area contributed by atoms with E-state index in [-0.39, 0.29) is 23.6 Å². The van der Waals surface area contributed by atoms with Crippen LogP contribution < -0.4 is 0 Å². The number of imide groups is 2. The minimum absolute atomic E-state index is 0.318. The molecule has 2 aliphatic heterocycles. The molecular weight excluding hydrogens is 777 g/mol. The molecule has 2 aliphatic rings. The lowest BCUT2D eigenvalue weighted by molar-refractivity contribution is 0.0678. The second kappa shape index (κ2) is 12.9. The Bertz CT molecular complexity index is 3650. The third kappa shape index (κ3) is 4.88. The number of para-hydroxylation sites is 1. The van der Waals surface area contributed by atoms with Gasteiger partial charge in [0.25, 0.3) is 23.6 Å². The van der Waals surface area contributed by atoms with Crippen molar-refractivity contribution >= 4 is 67.2 Å². The van der Waals surface area contributed by atoms with Crippen molar-refractivity contribution in [3.63, 3.8) is 0 Å². The lowest BCUT2D eigenvalue weighted by Crippen LogP contribution is -2.24. The maximum absolute atomic E-state index is 13.6. The standard InChI is InChI=1S/C50H30N8O4/c1-55-47(59)35-8-5-11-40(44(35)49(55)61)57-38-10-4-3-7-32(38)33-16-13-28(20-42(33)57)31-24-53-46(54-25-31)29-14-17-34-37-19-27(30-22-51-26-52-23-30)15-18-39(37)58(43(34)21-29)41-12-6-9-36-45(41)50(62)56(2)48(36)60/h3-26H,1-2H3. The summed E-state index contributed by atoms with van der Waals surface area (Å²) < 4.78 is 4.09. The molecule has 4 aromatic heterocycles. The predicted molar refractivity (Wildman–Crippen MR) is 235 cm³/mol. The van der Waals surface area contributed by atoms with Crippen LogP contribution in [0.25, 0.3) is 88.6 Å². The van der Waals surface area contributed by atoms with E-state index in [1.165, 1.54) is 20.4 Å². The molecule has 0 fully saturated rings. The summed E-state index contributed by atoms with van der Waals surface area (Å²) in [5.74, 6) is -0.841. The summed E-state index contributed by atoms with van der Waals surface area (Å²) in [7, 11) is 3.01. The molecule has 62 heavy (non-hydrogen) atoms. The molecule has 0 saturated carbocycles. The van der Waals surface area contributed by atoms with Crippen molar-refractivity contribution in [1.82, 2.24) is 38.9 Å². The molecule has 0 radical (unpaired) electrons. The molecule has 4 amide bonds. The summed E-state index contributed by atoms with van der Waals surface area (Å²) in [5.41, 5.74) is 10.4. The van der Waals surface area contributed by atoms with Crippen molar-refractivity contribution in [2.24, 2.45) is 0 Å². The number of hydrogen-bond acceptors (Lipinski definition) is 8. The zero-order valence-corrected chi connectivity index (χ0v) is 33.1. The molecular formula is C50H30N8O4. The Labute approximate surface area is 352 Å². The number of carbonyl (C=O) groups excluding carboxylic acids is 4. The SMILES string of the molecule is CN1C(=O)c2cccc(-n3c4ccccc4c4ccc(-c5cnc(-c6ccc7c8cc(-c9cncnc9)ccc8n(-c8cccc9c8C(=O)N(C)C9=O)c7c6)nc5)cc43)c2C1=O. The molecule has 12 nitrogen and oxygen atoms in total. The highest BCUT2D eigenvalue weighted by atomic mass is 16.2. The lowest BCUT2D eigenvalue weighted by atomic mass is 10.0. The molecule has 0 aliphatic carbocycles. The van der Waals surface area contributed by atoms with Crippen molar-refractivity contribution in [3.05, 3.63) is 169 Å². The van der Waals surface area contributed by atoms with E-state index in [2.05, 4.69) is 38.8 Å². The number of fused-ring (bicyclic) bond motifs is 8. The average molecular weight is 807 g/mol. The van der Waals surface area contributed by atoms with Gasteiger partial charge in [-0.1, -0.05) is 60.7 Å². The van der Waals surface area contributed by atoms with Crippen LogP contribution in [-0.2, 0) is 0 Å². The molecule has 294 valence electrons. The Hall–Kier alpha value is -8.64. The van der Waals surface area contributed by atoms with Gasteiger partial charge in [-0.3, -0.25) is 29.0 Å². The van der Waals surface area contributed by atoms with Crippen molar-refractivity contribution in [1.29, 1.82) is 0 Å². The monoisotopic (exact) mass is 806 g/mol. The minimum Gasteiger partial charge on any atom is -0.308 e. The van der Waals surface area contributed by atoms with E-state index in [1.807, 2.05) is 77.4 Å². The third-order valence-electron chi connectivity index (χ3n) is 12.3. The van der Waals surface area contributed by atoms with Crippen LogP contribution >= 0.6 is 0 Å². The summed E-state index contributed by atoms with van der Waals surface area (Å²) in [6.07, 6.45) is 8.64. The molecule has 6 heterocycles. The van der Waals surface area contributed by atoms with Crippen molar-refractivity contribution < 1.29 is 19.2 Å². The molecule has 0 unspecified atom stereocenters. The average Bonchev–Trinajstić information content (AvgIpc) is 3.97.